The fraction of sp³-hybridized carbons (Fsp3) is 0.538. The average Bonchev–Trinajstić information content (AvgIpc) is 2.28. The third-order valence-corrected chi connectivity index (χ3v) is 3.49. The molecule has 1 aliphatic carbocycles. The predicted octanol–water partition coefficient (Wildman–Crippen LogP) is 2.39. The molecule has 0 bridgehead atoms. The Morgan fingerprint density at radius 1 is 1.50 bits per heavy atom. The van der Waals surface area contributed by atoms with Crippen LogP contribution in [-0.4, -0.2) is 7.11 Å². The fourth-order valence-corrected chi connectivity index (χ4v) is 2.22. The molecule has 1 fully saturated rings. The lowest BCUT2D eigenvalue weighted by Gasteiger charge is -2.29. The molecule has 0 aliphatic heterocycles. The van der Waals surface area contributed by atoms with Crippen molar-refractivity contribution >= 4 is 0 Å². The first-order valence-corrected chi connectivity index (χ1v) is 5.93. The van der Waals surface area contributed by atoms with Gasteiger partial charge in [-0.2, -0.15) is 0 Å². The lowest BCUT2D eigenvalue weighted by molar-refractivity contribution is 0.261. The zero-order chi connectivity index (χ0) is 11.4. The molecule has 0 spiro atoms. The van der Waals surface area contributed by atoms with Gasteiger partial charge in [0.15, 0.2) is 0 Å². The molecule has 1 atom stereocenters. The van der Waals surface area contributed by atoms with Crippen molar-refractivity contribution in [3.05, 3.63) is 29.8 Å². The maximum absolute atomic E-state index is 5.63. The molecule has 1 aromatic carbocycles. The van der Waals surface area contributed by atoms with Crippen LogP contribution in [0.3, 0.4) is 0 Å². The molecule has 0 saturated heterocycles. The van der Waals surface area contributed by atoms with E-state index in [9.17, 15) is 0 Å². The molecule has 0 heterocycles. The van der Waals surface area contributed by atoms with E-state index in [0.717, 1.165) is 18.1 Å². The molecular formula is C13H20N2O. The maximum atomic E-state index is 5.63. The number of rotatable bonds is 5. The summed E-state index contributed by atoms with van der Waals surface area (Å²) in [7, 11) is 1.69. The molecule has 1 saturated carbocycles. The topological polar surface area (TPSA) is 47.3 Å². The first-order valence-electron chi connectivity index (χ1n) is 5.93. The van der Waals surface area contributed by atoms with Gasteiger partial charge < -0.3 is 4.74 Å². The van der Waals surface area contributed by atoms with Gasteiger partial charge in [-0.3, -0.25) is 11.3 Å². The minimum atomic E-state index is 0.250. The van der Waals surface area contributed by atoms with Crippen LogP contribution >= 0.6 is 0 Å². The van der Waals surface area contributed by atoms with Gasteiger partial charge in [0.1, 0.15) is 5.75 Å². The minimum absolute atomic E-state index is 0.250. The van der Waals surface area contributed by atoms with E-state index in [1.54, 1.807) is 7.11 Å². The van der Waals surface area contributed by atoms with E-state index >= 15 is 0 Å². The molecule has 1 aliphatic rings. The van der Waals surface area contributed by atoms with Crippen LogP contribution in [-0.2, 0) is 0 Å². The van der Waals surface area contributed by atoms with Gasteiger partial charge in [0.25, 0.3) is 0 Å². The van der Waals surface area contributed by atoms with E-state index in [1.807, 2.05) is 12.1 Å². The number of hydrazine groups is 1. The maximum Gasteiger partial charge on any atom is 0.119 e. The van der Waals surface area contributed by atoms with E-state index < -0.39 is 0 Å². The van der Waals surface area contributed by atoms with Gasteiger partial charge in [0.05, 0.1) is 7.11 Å². The fourth-order valence-electron chi connectivity index (χ4n) is 2.22. The quantitative estimate of drug-likeness (QED) is 0.591. The highest BCUT2D eigenvalue weighted by Gasteiger charge is 2.22. The molecule has 1 unspecified atom stereocenters. The van der Waals surface area contributed by atoms with Crippen LogP contribution in [0.4, 0.5) is 0 Å². The predicted molar refractivity (Wildman–Crippen MR) is 65.0 cm³/mol. The van der Waals surface area contributed by atoms with E-state index in [1.165, 1.54) is 24.8 Å². The monoisotopic (exact) mass is 220 g/mol. The summed E-state index contributed by atoms with van der Waals surface area (Å²) in [4.78, 5) is 0. The Morgan fingerprint density at radius 3 is 2.88 bits per heavy atom. The van der Waals surface area contributed by atoms with Gasteiger partial charge in [-0.15, -0.1) is 0 Å². The number of methoxy groups -OCH3 is 1. The lowest BCUT2D eigenvalue weighted by Crippen LogP contribution is -2.31. The summed E-state index contributed by atoms with van der Waals surface area (Å²) in [5.74, 6) is 7.37. The highest BCUT2D eigenvalue weighted by Crippen LogP contribution is 2.34. The molecule has 3 heteroatoms. The number of ether oxygens (including phenoxy) is 1. The molecule has 3 N–H and O–H groups in total. The van der Waals surface area contributed by atoms with Crippen LogP contribution in [0, 0.1) is 5.92 Å². The van der Waals surface area contributed by atoms with Gasteiger partial charge in [0.2, 0.25) is 0 Å². The Balaban J connectivity index is 2.05. The first-order chi connectivity index (χ1) is 7.83. The highest BCUT2D eigenvalue weighted by molar-refractivity contribution is 5.30. The Labute approximate surface area is 97.0 Å². The summed E-state index contributed by atoms with van der Waals surface area (Å²) in [5, 5.41) is 0. The van der Waals surface area contributed by atoms with Crippen LogP contribution in [0.1, 0.15) is 37.3 Å². The second-order valence-electron chi connectivity index (χ2n) is 4.53. The number of hydrogen-bond acceptors (Lipinski definition) is 3. The first kappa shape index (κ1) is 11.4. The van der Waals surface area contributed by atoms with Crippen molar-refractivity contribution in [2.45, 2.75) is 31.7 Å². The van der Waals surface area contributed by atoms with Crippen LogP contribution in [0.2, 0.25) is 0 Å². The summed E-state index contributed by atoms with van der Waals surface area (Å²) in [5.41, 5.74) is 4.13. The molecule has 0 amide bonds. The summed E-state index contributed by atoms with van der Waals surface area (Å²) < 4.78 is 5.23. The highest BCUT2D eigenvalue weighted by atomic mass is 16.5. The molecule has 16 heavy (non-hydrogen) atoms. The zero-order valence-electron chi connectivity index (χ0n) is 9.78. The third-order valence-electron chi connectivity index (χ3n) is 3.49. The van der Waals surface area contributed by atoms with Crippen molar-refractivity contribution in [3.63, 3.8) is 0 Å². The molecule has 1 aromatic rings. The van der Waals surface area contributed by atoms with Crippen molar-refractivity contribution in [3.8, 4) is 5.75 Å². The Bertz CT molecular complexity index is 336. The van der Waals surface area contributed by atoms with Gasteiger partial charge in [-0.25, -0.2) is 0 Å². The number of nitrogens with one attached hydrogen (secondary N) is 1. The number of nitrogens with two attached hydrogens (primary N) is 1. The van der Waals surface area contributed by atoms with E-state index in [2.05, 4.69) is 17.6 Å². The van der Waals surface area contributed by atoms with Crippen LogP contribution in [0.25, 0.3) is 0 Å². The van der Waals surface area contributed by atoms with Crippen LogP contribution in [0.15, 0.2) is 24.3 Å². The van der Waals surface area contributed by atoms with Gasteiger partial charge in [-0.1, -0.05) is 31.4 Å². The summed E-state index contributed by atoms with van der Waals surface area (Å²) in [6.07, 6.45) is 5.20. The Kier molecular flexibility index (Phi) is 3.80. The second-order valence-corrected chi connectivity index (χ2v) is 4.53. The molecule has 0 radical (unpaired) electrons. The van der Waals surface area contributed by atoms with Crippen molar-refractivity contribution in [1.29, 1.82) is 0 Å². The summed E-state index contributed by atoms with van der Waals surface area (Å²) in [6.45, 7) is 0. The van der Waals surface area contributed by atoms with Gasteiger partial charge in [0, 0.05) is 6.04 Å². The molecule has 88 valence electrons. The second kappa shape index (κ2) is 5.32. The van der Waals surface area contributed by atoms with E-state index in [-0.39, 0.29) is 6.04 Å². The van der Waals surface area contributed by atoms with Crippen molar-refractivity contribution in [1.82, 2.24) is 5.43 Å². The molecule has 3 nitrogen and oxygen atoms in total. The minimum Gasteiger partial charge on any atom is -0.497 e. The Hall–Kier alpha value is -1.06. The molecule has 2 rings (SSSR count). The smallest absolute Gasteiger partial charge is 0.119 e. The van der Waals surface area contributed by atoms with Crippen molar-refractivity contribution in [2.75, 3.05) is 7.11 Å². The van der Waals surface area contributed by atoms with E-state index in [0.29, 0.717) is 0 Å². The SMILES string of the molecule is COc1cccc(C(CC2CCC2)NN)c1. The zero-order valence-corrected chi connectivity index (χ0v) is 9.78. The third kappa shape index (κ3) is 2.54. The van der Waals surface area contributed by atoms with E-state index in [4.69, 9.17) is 10.6 Å². The summed E-state index contributed by atoms with van der Waals surface area (Å²) in [6, 6.07) is 8.38. The number of benzene rings is 1. The standard InChI is InChI=1S/C13H20N2O/c1-16-12-7-3-6-11(9-12)13(15-14)8-10-4-2-5-10/h3,6-7,9-10,13,15H,2,4-5,8,14H2,1H3. The molecular weight excluding hydrogens is 200 g/mol. The summed E-state index contributed by atoms with van der Waals surface area (Å²) >= 11 is 0. The van der Waals surface area contributed by atoms with Crippen molar-refractivity contribution in [2.24, 2.45) is 11.8 Å². The van der Waals surface area contributed by atoms with Crippen LogP contribution < -0.4 is 16.0 Å². The van der Waals surface area contributed by atoms with Gasteiger partial charge in [-0.05, 0) is 30.0 Å². The lowest BCUT2D eigenvalue weighted by atomic mass is 9.80. The van der Waals surface area contributed by atoms with Gasteiger partial charge >= 0.3 is 0 Å². The normalized spacial score (nSPS) is 17.9. The number of hydrogen-bond donors (Lipinski definition) is 2. The van der Waals surface area contributed by atoms with Crippen LogP contribution in [0.5, 0.6) is 5.75 Å². The Morgan fingerprint density at radius 2 is 2.31 bits per heavy atom. The average molecular weight is 220 g/mol. The largest absolute Gasteiger partial charge is 0.497 e. The molecule has 0 aromatic heterocycles. The van der Waals surface area contributed by atoms with Crippen molar-refractivity contribution < 1.29 is 4.74 Å².